The molecule has 192 valence electrons. The first-order chi connectivity index (χ1) is 17.7. The first-order valence-electron chi connectivity index (χ1n) is 11.3. The van der Waals surface area contributed by atoms with E-state index in [1.54, 1.807) is 28.9 Å². The number of rotatable bonds is 8. The quantitative estimate of drug-likeness (QED) is 0.217. The van der Waals surface area contributed by atoms with Crippen molar-refractivity contribution in [3.8, 4) is 16.9 Å². The molecule has 0 aliphatic carbocycles. The summed E-state index contributed by atoms with van der Waals surface area (Å²) in [6.45, 7) is -0.195. The van der Waals surface area contributed by atoms with Gasteiger partial charge in [0, 0.05) is 15.6 Å². The van der Waals surface area contributed by atoms with Gasteiger partial charge in [-0.05, 0) is 48.0 Å². The number of aromatic nitrogens is 2. The minimum atomic E-state index is -3.64. The lowest BCUT2D eigenvalue weighted by atomic mass is 10.1. The van der Waals surface area contributed by atoms with Crippen molar-refractivity contribution >= 4 is 39.2 Å². The van der Waals surface area contributed by atoms with E-state index < -0.39 is 16.1 Å². The molecule has 4 aromatic rings. The fourth-order valence-electron chi connectivity index (χ4n) is 3.64. The predicted molar refractivity (Wildman–Crippen MR) is 148 cm³/mol. The number of benzene rings is 3. The van der Waals surface area contributed by atoms with Crippen molar-refractivity contribution in [2.75, 3.05) is 12.9 Å². The lowest BCUT2D eigenvalue weighted by Gasteiger charge is -2.19. The largest absolute Gasteiger partial charge is 0.394 e. The molecule has 0 saturated carbocycles. The minimum Gasteiger partial charge on any atom is -0.394 e. The predicted octanol–water partition coefficient (Wildman–Crippen LogP) is 4.57. The number of aliphatic hydroxyl groups is 1. The molecule has 11 heteroatoms. The van der Waals surface area contributed by atoms with Crippen molar-refractivity contribution in [1.29, 1.82) is 0 Å². The van der Waals surface area contributed by atoms with E-state index in [-0.39, 0.29) is 19.1 Å². The Morgan fingerprint density at radius 1 is 1.00 bits per heavy atom. The molecule has 1 heterocycles. The number of aliphatic hydroxyl groups excluding tert-OH is 1. The standard InChI is InChI=1S/C26H25Cl2N5O3S/c1-37(35,36)32-26(30-24(17-34)18-5-3-2-4-6-18)29-16-22-15-25(19-7-9-20(27)10-8-19)33(31-22)23-13-11-21(28)12-14-23/h2-15,24,34H,16-17H2,1H3,(H2,29,30,32)/t24-/m1/s1. The summed E-state index contributed by atoms with van der Waals surface area (Å²) in [5, 5.41) is 18.8. The van der Waals surface area contributed by atoms with Crippen LogP contribution in [-0.2, 0) is 16.6 Å². The maximum absolute atomic E-state index is 12.0. The summed E-state index contributed by atoms with van der Waals surface area (Å²) in [5.41, 5.74) is 3.85. The van der Waals surface area contributed by atoms with E-state index in [2.05, 4.69) is 15.0 Å². The highest BCUT2D eigenvalue weighted by atomic mass is 35.5. The summed E-state index contributed by atoms with van der Waals surface area (Å²) < 4.78 is 28.2. The van der Waals surface area contributed by atoms with Crippen LogP contribution >= 0.6 is 23.2 Å². The van der Waals surface area contributed by atoms with Gasteiger partial charge in [-0.25, -0.2) is 18.1 Å². The maximum Gasteiger partial charge on any atom is 0.232 e. The molecule has 0 saturated heterocycles. The molecule has 0 aliphatic heterocycles. The Morgan fingerprint density at radius 2 is 1.62 bits per heavy atom. The second-order valence-corrected chi connectivity index (χ2v) is 10.9. The normalized spacial score (nSPS) is 12.8. The molecule has 4 rings (SSSR count). The number of halogens is 2. The fraction of sp³-hybridized carbons (Fsp3) is 0.154. The van der Waals surface area contributed by atoms with Crippen molar-refractivity contribution in [2.45, 2.75) is 12.6 Å². The zero-order valence-electron chi connectivity index (χ0n) is 19.8. The van der Waals surface area contributed by atoms with Crippen LogP contribution in [0.15, 0.2) is 89.9 Å². The number of nitrogens with zero attached hydrogens (tertiary/aromatic N) is 3. The van der Waals surface area contributed by atoms with Crippen LogP contribution in [-0.4, -0.2) is 42.1 Å². The van der Waals surface area contributed by atoms with Crippen LogP contribution in [0.2, 0.25) is 10.0 Å². The third-order valence-electron chi connectivity index (χ3n) is 5.35. The number of hydrogen-bond acceptors (Lipinski definition) is 5. The summed E-state index contributed by atoms with van der Waals surface area (Å²) in [4.78, 5) is 4.45. The molecule has 0 fully saturated rings. The monoisotopic (exact) mass is 557 g/mol. The SMILES string of the molecule is CS(=O)(=O)NC(=NCc1cc(-c2ccc(Cl)cc2)n(-c2ccc(Cl)cc2)n1)N[C@H](CO)c1ccccc1. The van der Waals surface area contributed by atoms with E-state index in [0.29, 0.717) is 15.7 Å². The van der Waals surface area contributed by atoms with E-state index >= 15 is 0 Å². The van der Waals surface area contributed by atoms with Crippen LogP contribution < -0.4 is 10.0 Å². The summed E-state index contributed by atoms with van der Waals surface area (Å²) in [6.07, 6.45) is 1.04. The third kappa shape index (κ3) is 7.33. The van der Waals surface area contributed by atoms with Gasteiger partial charge < -0.3 is 10.4 Å². The van der Waals surface area contributed by atoms with E-state index in [1.807, 2.05) is 60.7 Å². The minimum absolute atomic E-state index is 0.000473. The Bertz CT molecular complexity index is 1410. The van der Waals surface area contributed by atoms with E-state index in [1.165, 1.54) is 0 Å². The molecular formula is C26H25Cl2N5O3S. The van der Waals surface area contributed by atoms with Gasteiger partial charge in [-0.3, -0.25) is 4.72 Å². The number of hydrogen-bond donors (Lipinski definition) is 3. The zero-order valence-corrected chi connectivity index (χ0v) is 22.2. The average Bonchev–Trinajstić information content (AvgIpc) is 3.30. The second-order valence-electron chi connectivity index (χ2n) is 8.25. The number of guanidine groups is 1. The van der Waals surface area contributed by atoms with Gasteiger partial charge in [0.05, 0.1) is 42.5 Å². The van der Waals surface area contributed by atoms with Crippen LogP contribution in [0, 0.1) is 0 Å². The van der Waals surface area contributed by atoms with Crippen LogP contribution in [0.25, 0.3) is 16.9 Å². The van der Waals surface area contributed by atoms with Crippen molar-refractivity contribution in [3.05, 3.63) is 106 Å². The van der Waals surface area contributed by atoms with E-state index in [0.717, 1.165) is 28.8 Å². The molecule has 0 aliphatic rings. The number of sulfonamides is 1. The third-order valence-corrected chi connectivity index (χ3v) is 6.42. The van der Waals surface area contributed by atoms with Crippen LogP contribution in [0.1, 0.15) is 17.3 Å². The van der Waals surface area contributed by atoms with Gasteiger partial charge in [-0.2, -0.15) is 5.10 Å². The van der Waals surface area contributed by atoms with Crippen molar-refractivity contribution in [2.24, 2.45) is 4.99 Å². The highest BCUT2D eigenvalue weighted by Gasteiger charge is 2.16. The van der Waals surface area contributed by atoms with Gasteiger partial charge >= 0.3 is 0 Å². The summed E-state index contributed by atoms with van der Waals surface area (Å²) in [5.74, 6) is -0.000473. The number of nitrogens with one attached hydrogen (secondary N) is 2. The van der Waals surface area contributed by atoms with Gasteiger partial charge in [-0.1, -0.05) is 65.7 Å². The van der Waals surface area contributed by atoms with Crippen LogP contribution in [0.4, 0.5) is 0 Å². The highest BCUT2D eigenvalue weighted by molar-refractivity contribution is 7.89. The van der Waals surface area contributed by atoms with Gasteiger partial charge in [0.15, 0.2) is 0 Å². The smallest absolute Gasteiger partial charge is 0.232 e. The topological polar surface area (TPSA) is 109 Å². The van der Waals surface area contributed by atoms with Gasteiger partial charge in [0.25, 0.3) is 0 Å². The molecule has 3 aromatic carbocycles. The molecule has 1 aromatic heterocycles. The molecule has 0 spiro atoms. The van der Waals surface area contributed by atoms with Crippen molar-refractivity contribution in [1.82, 2.24) is 19.8 Å². The molecular weight excluding hydrogens is 533 g/mol. The van der Waals surface area contributed by atoms with Crippen molar-refractivity contribution < 1.29 is 13.5 Å². The van der Waals surface area contributed by atoms with E-state index in [4.69, 9.17) is 28.3 Å². The molecule has 3 N–H and O–H groups in total. The molecule has 0 unspecified atom stereocenters. The number of aliphatic imine (C=N–C) groups is 1. The Kier molecular flexibility index (Phi) is 8.50. The lowest BCUT2D eigenvalue weighted by Crippen LogP contribution is -2.43. The summed E-state index contributed by atoms with van der Waals surface area (Å²) in [6, 6.07) is 25.1. The first-order valence-corrected chi connectivity index (χ1v) is 13.9. The summed E-state index contributed by atoms with van der Waals surface area (Å²) in [7, 11) is -3.64. The zero-order chi connectivity index (χ0) is 26.4. The average molecular weight is 558 g/mol. The van der Waals surface area contributed by atoms with E-state index in [9.17, 15) is 13.5 Å². The molecule has 0 bridgehead atoms. The Labute approximate surface area is 225 Å². The highest BCUT2D eigenvalue weighted by Crippen LogP contribution is 2.26. The second kappa shape index (κ2) is 11.8. The summed E-state index contributed by atoms with van der Waals surface area (Å²) >= 11 is 12.1. The van der Waals surface area contributed by atoms with Gasteiger partial charge in [0.1, 0.15) is 0 Å². The Hall–Kier alpha value is -3.37. The van der Waals surface area contributed by atoms with Gasteiger partial charge in [-0.15, -0.1) is 0 Å². The maximum atomic E-state index is 12.0. The van der Waals surface area contributed by atoms with Crippen molar-refractivity contribution in [3.63, 3.8) is 0 Å². The lowest BCUT2D eigenvalue weighted by molar-refractivity contribution is 0.257. The molecule has 37 heavy (non-hydrogen) atoms. The van der Waals surface area contributed by atoms with Gasteiger partial charge in [0.2, 0.25) is 16.0 Å². The molecule has 1 atom stereocenters. The first kappa shape index (κ1) is 26.7. The molecule has 8 nitrogen and oxygen atoms in total. The molecule has 0 radical (unpaired) electrons. The van der Waals surface area contributed by atoms with Crippen LogP contribution in [0.5, 0.6) is 0 Å². The van der Waals surface area contributed by atoms with Crippen LogP contribution in [0.3, 0.4) is 0 Å². The Balaban J connectivity index is 1.68. The molecule has 0 amide bonds. The fourth-order valence-corrected chi connectivity index (χ4v) is 4.37. The Morgan fingerprint density at radius 3 is 2.22 bits per heavy atom.